The number of aromatic nitrogens is 1. The monoisotopic (exact) mass is 509 g/mol. The molecule has 1 aromatic carbocycles. The molecule has 6 nitrogen and oxygen atoms in total. The molecule has 2 unspecified atom stereocenters. The van der Waals surface area contributed by atoms with Crippen LogP contribution in [0.15, 0.2) is 39.9 Å². The normalized spacial score (nSPS) is 22.4. The first-order valence-electron chi connectivity index (χ1n) is 10.4. The summed E-state index contributed by atoms with van der Waals surface area (Å²) in [4.78, 5) is 12.0. The quantitative estimate of drug-likeness (QED) is 0.351. The maximum Gasteiger partial charge on any atom is 0.226 e. The number of hydrogen-bond donors (Lipinski definition) is 2. The van der Waals surface area contributed by atoms with Crippen molar-refractivity contribution in [3.63, 3.8) is 0 Å². The molecule has 2 aromatic rings. The van der Waals surface area contributed by atoms with Crippen LogP contribution in [0.1, 0.15) is 44.4 Å². The fraction of sp³-hybridized carbons (Fsp3) is 0.545. The summed E-state index contributed by atoms with van der Waals surface area (Å²) in [6.07, 6.45) is 5.60. The maximum atomic E-state index is 5.65. The highest BCUT2D eigenvalue weighted by atomic mass is 127. The summed E-state index contributed by atoms with van der Waals surface area (Å²) in [5.41, 5.74) is 3.06. The van der Waals surface area contributed by atoms with E-state index in [2.05, 4.69) is 53.4 Å². The number of hydrogen-bond acceptors (Lipinski definition) is 4. The smallest absolute Gasteiger partial charge is 0.226 e. The molecule has 2 heterocycles. The number of nitrogens with zero attached hydrogens (tertiary/aromatic N) is 3. The molecule has 0 bridgehead atoms. The number of nitrogens with one attached hydrogen (secondary N) is 2. The lowest BCUT2D eigenvalue weighted by molar-refractivity contribution is 0.256. The second-order valence-electron chi connectivity index (χ2n) is 8.06. The van der Waals surface area contributed by atoms with E-state index in [9.17, 15) is 0 Å². The van der Waals surface area contributed by atoms with Crippen LogP contribution >= 0.6 is 24.0 Å². The van der Waals surface area contributed by atoms with Crippen molar-refractivity contribution in [1.29, 1.82) is 0 Å². The van der Waals surface area contributed by atoms with Crippen molar-refractivity contribution in [3.8, 4) is 11.5 Å². The first kappa shape index (κ1) is 22.1. The van der Waals surface area contributed by atoms with Crippen molar-refractivity contribution in [2.75, 3.05) is 13.1 Å². The average molecular weight is 509 g/mol. The van der Waals surface area contributed by atoms with Crippen LogP contribution in [0, 0.1) is 6.92 Å². The van der Waals surface area contributed by atoms with Gasteiger partial charge in [-0.05, 0) is 52.2 Å². The lowest BCUT2D eigenvalue weighted by Gasteiger charge is -2.20. The Morgan fingerprint density at radius 1 is 1.28 bits per heavy atom. The van der Waals surface area contributed by atoms with Gasteiger partial charge in [-0.25, -0.2) is 9.98 Å². The summed E-state index contributed by atoms with van der Waals surface area (Å²) in [5.74, 6) is 1.50. The van der Waals surface area contributed by atoms with Crippen molar-refractivity contribution in [2.24, 2.45) is 4.99 Å². The van der Waals surface area contributed by atoms with E-state index in [1.165, 1.54) is 24.8 Å². The highest BCUT2D eigenvalue weighted by Gasteiger charge is 2.38. The molecule has 0 amide bonds. The minimum Gasteiger partial charge on any atom is -0.444 e. The number of halogens is 1. The fourth-order valence-electron chi connectivity index (χ4n) is 3.96. The van der Waals surface area contributed by atoms with Gasteiger partial charge in [0.1, 0.15) is 12.0 Å². The van der Waals surface area contributed by atoms with E-state index >= 15 is 0 Å². The van der Waals surface area contributed by atoms with Gasteiger partial charge in [-0.15, -0.1) is 24.0 Å². The summed E-state index contributed by atoms with van der Waals surface area (Å²) in [6, 6.07) is 10.1. The lowest BCUT2D eigenvalue weighted by atomic mass is 10.1. The molecule has 29 heavy (non-hydrogen) atoms. The van der Waals surface area contributed by atoms with E-state index in [0.29, 0.717) is 24.5 Å². The molecule has 2 aliphatic rings. The molecule has 2 atom stereocenters. The standard InChI is InChI=1S/C22H31N5O.HI/c1-4-23-22(26-18-11-16(3)27(13-18)20-9-10-20)24-12-19-14-28-21(25-19)17-7-5-15(2)6-8-17;/h5-8,14,16,18,20H,4,9-13H2,1-3H3,(H2,23,24,26);1H. The number of likely N-dealkylation sites (tertiary alicyclic amines) is 1. The van der Waals surface area contributed by atoms with Crippen LogP contribution < -0.4 is 10.6 Å². The highest BCUT2D eigenvalue weighted by Crippen LogP contribution is 2.33. The van der Waals surface area contributed by atoms with Crippen molar-refractivity contribution >= 4 is 29.9 Å². The predicted molar refractivity (Wildman–Crippen MR) is 128 cm³/mol. The van der Waals surface area contributed by atoms with Gasteiger partial charge in [-0.2, -0.15) is 0 Å². The number of aliphatic imine (C=N–C) groups is 1. The summed E-state index contributed by atoms with van der Waals surface area (Å²) in [7, 11) is 0. The Morgan fingerprint density at radius 3 is 2.72 bits per heavy atom. The molecule has 1 aliphatic carbocycles. The van der Waals surface area contributed by atoms with Crippen LogP contribution in [0.3, 0.4) is 0 Å². The molecule has 1 aliphatic heterocycles. The third-order valence-electron chi connectivity index (χ3n) is 5.57. The first-order chi connectivity index (χ1) is 13.6. The Kier molecular flexibility index (Phi) is 7.56. The van der Waals surface area contributed by atoms with Crippen molar-refractivity contribution in [1.82, 2.24) is 20.5 Å². The Morgan fingerprint density at radius 2 is 2.03 bits per heavy atom. The van der Waals surface area contributed by atoms with Crippen LogP contribution in [-0.2, 0) is 6.54 Å². The zero-order valence-corrected chi connectivity index (χ0v) is 19.8. The number of guanidine groups is 1. The predicted octanol–water partition coefficient (Wildman–Crippen LogP) is 3.95. The molecule has 7 heteroatoms. The molecule has 158 valence electrons. The third kappa shape index (κ3) is 5.72. The second-order valence-corrected chi connectivity index (χ2v) is 8.06. The van der Waals surface area contributed by atoms with Crippen molar-refractivity contribution < 1.29 is 4.42 Å². The number of benzene rings is 1. The second kappa shape index (κ2) is 9.93. The highest BCUT2D eigenvalue weighted by molar-refractivity contribution is 14.0. The number of rotatable bonds is 6. The summed E-state index contributed by atoms with van der Waals surface area (Å²) in [5, 5.41) is 6.97. The first-order valence-corrected chi connectivity index (χ1v) is 10.4. The minimum absolute atomic E-state index is 0. The SMILES string of the molecule is CCNC(=NCc1coc(-c2ccc(C)cc2)n1)NC1CC(C)N(C2CC2)C1.I. The Hall–Kier alpha value is -1.61. The molecule has 1 aromatic heterocycles. The van der Waals surface area contributed by atoms with E-state index in [-0.39, 0.29) is 24.0 Å². The number of oxazole rings is 1. The van der Waals surface area contributed by atoms with E-state index in [0.717, 1.165) is 36.3 Å². The summed E-state index contributed by atoms with van der Waals surface area (Å²) in [6.45, 7) is 8.96. The molecule has 1 saturated heterocycles. The van der Waals surface area contributed by atoms with E-state index in [4.69, 9.17) is 9.41 Å². The van der Waals surface area contributed by atoms with Crippen LogP contribution in [0.5, 0.6) is 0 Å². The zero-order valence-electron chi connectivity index (χ0n) is 17.5. The Bertz CT molecular complexity index is 815. The van der Waals surface area contributed by atoms with Crippen LogP contribution in [0.4, 0.5) is 0 Å². The average Bonchev–Trinajstić information content (AvgIpc) is 3.30. The van der Waals surface area contributed by atoms with Gasteiger partial charge in [-0.1, -0.05) is 17.7 Å². The molecule has 0 radical (unpaired) electrons. The van der Waals surface area contributed by atoms with Gasteiger partial charge >= 0.3 is 0 Å². The molecule has 1 saturated carbocycles. The molecular formula is C22H32IN5O. The molecule has 0 spiro atoms. The van der Waals surface area contributed by atoms with E-state index in [1.807, 2.05) is 12.1 Å². The van der Waals surface area contributed by atoms with Gasteiger partial charge in [0.15, 0.2) is 5.96 Å². The van der Waals surface area contributed by atoms with E-state index < -0.39 is 0 Å². The largest absolute Gasteiger partial charge is 0.444 e. The topological polar surface area (TPSA) is 65.7 Å². The van der Waals surface area contributed by atoms with Gasteiger partial charge in [0.2, 0.25) is 5.89 Å². The maximum absolute atomic E-state index is 5.65. The van der Waals surface area contributed by atoms with Crippen molar-refractivity contribution in [2.45, 2.75) is 64.7 Å². The Balaban J connectivity index is 0.00000240. The van der Waals surface area contributed by atoms with Crippen LogP contribution in [-0.4, -0.2) is 47.1 Å². The zero-order chi connectivity index (χ0) is 19.5. The molecule has 4 rings (SSSR count). The van der Waals surface area contributed by atoms with Crippen LogP contribution in [0.25, 0.3) is 11.5 Å². The van der Waals surface area contributed by atoms with Gasteiger partial charge < -0.3 is 15.1 Å². The summed E-state index contributed by atoms with van der Waals surface area (Å²) < 4.78 is 5.65. The fourth-order valence-corrected chi connectivity index (χ4v) is 3.96. The van der Waals surface area contributed by atoms with Gasteiger partial charge in [0, 0.05) is 36.8 Å². The van der Waals surface area contributed by atoms with Crippen molar-refractivity contribution in [3.05, 3.63) is 41.8 Å². The number of aryl methyl sites for hydroxylation is 1. The molecular weight excluding hydrogens is 477 g/mol. The third-order valence-corrected chi connectivity index (χ3v) is 5.57. The van der Waals surface area contributed by atoms with Gasteiger partial charge in [0.05, 0.1) is 6.54 Å². The molecule has 2 N–H and O–H groups in total. The minimum atomic E-state index is 0. The van der Waals surface area contributed by atoms with E-state index in [1.54, 1.807) is 6.26 Å². The Labute approximate surface area is 190 Å². The molecule has 2 fully saturated rings. The lowest BCUT2D eigenvalue weighted by Crippen LogP contribution is -2.44. The van der Waals surface area contributed by atoms with Gasteiger partial charge in [0.25, 0.3) is 0 Å². The van der Waals surface area contributed by atoms with Gasteiger partial charge in [-0.3, -0.25) is 4.90 Å². The van der Waals surface area contributed by atoms with Crippen LogP contribution in [0.2, 0.25) is 0 Å². The summed E-state index contributed by atoms with van der Waals surface area (Å²) >= 11 is 0.